The van der Waals surface area contributed by atoms with Crippen molar-refractivity contribution in [1.82, 2.24) is 10.6 Å². The Hall–Kier alpha value is -1.95. The molecule has 0 fully saturated rings. The van der Waals surface area contributed by atoms with Crippen LogP contribution < -0.4 is 16.0 Å². The lowest BCUT2D eigenvalue weighted by Gasteiger charge is -2.13. The quantitative estimate of drug-likeness (QED) is 0.470. The van der Waals surface area contributed by atoms with Gasteiger partial charge in [0.25, 0.3) is 5.91 Å². The Labute approximate surface area is 149 Å². The molecule has 0 saturated heterocycles. The van der Waals surface area contributed by atoms with Gasteiger partial charge in [-0.2, -0.15) is 0 Å². The lowest BCUT2D eigenvalue weighted by atomic mass is 10.1. The van der Waals surface area contributed by atoms with E-state index in [0.29, 0.717) is 24.2 Å². The molecule has 0 unspecified atom stereocenters. The maximum Gasteiger partial charge on any atom is 0.253 e. The van der Waals surface area contributed by atoms with Crippen LogP contribution in [0.25, 0.3) is 0 Å². The van der Waals surface area contributed by atoms with Gasteiger partial charge in [0.2, 0.25) is 5.91 Å². The molecule has 0 heterocycles. The first-order chi connectivity index (χ1) is 11.6. The number of carbonyl (C=O) groups excluding carboxylic acids is 2. The molecule has 5 nitrogen and oxygen atoms in total. The highest BCUT2D eigenvalue weighted by atomic mass is 32.1. The lowest BCUT2D eigenvalue weighted by Crippen LogP contribution is -2.34. The summed E-state index contributed by atoms with van der Waals surface area (Å²) in [6, 6.07) is 7.07. The minimum absolute atomic E-state index is 0.0977. The molecule has 3 N–H and O–H groups in total. The van der Waals surface area contributed by atoms with Gasteiger partial charge in [0, 0.05) is 13.0 Å². The highest BCUT2D eigenvalue weighted by Crippen LogP contribution is 2.14. The Morgan fingerprint density at radius 1 is 1.04 bits per heavy atom. The molecule has 1 aromatic carbocycles. The molecule has 0 aliphatic heterocycles. The average molecular weight is 350 g/mol. The number of amides is 2. The second kappa shape index (κ2) is 11.6. The largest absolute Gasteiger partial charge is 0.352 e. The van der Waals surface area contributed by atoms with Gasteiger partial charge in [-0.05, 0) is 37.7 Å². The molecule has 0 spiro atoms. The van der Waals surface area contributed by atoms with Crippen LogP contribution in [-0.4, -0.2) is 23.5 Å². The van der Waals surface area contributed by atoms with Crippen molar-refractivity contribution in [3.8, 4) is 0 Å². The predicted octanol–water partition coefficient (Wildman–Crippen LogP) is 3.61. The summed E-state index contributed by atoms with van der Waals surface area (Å²) in [6.07, 6.45) is 5.94. The molecule has 0 saturated carbocycles. The molecule has 24 heavy (non-hydrogen) atoms. The summed E-state index contributed by atoms with van der Waals surface area (Å²) in [7, 11) is 0. The molecular formula is C18H27N3O2S. The van der Waals surface area contributed by atoms with E-state index in [9.17, 15) is 9.59 Å². The van der Waals surface area contributed by atoms with Crippen molar-refractivity contribution >= 4 is 34.8 Å². The van der Waals surface area contributed by atoms with Crippen LogP contribution in [0.1, 0.15) is 62.7 Å². The number of carbonyl (C=O) groups is 2. The van der Waals surface area contributed by atoms with Gasteiger partial charge in [0.1, 0.15) is 0 Å². The predicted molar refractivity (Wildman–Crippen MR) is 102 cm³/mol. The normalized spacial score (nSPS) is 10.1. The van der Waals surface area contributed by atoms with E-state index in [2.05, 4.69) is 22.9 Å². The van der Waals surface area contributed by atoms with E-state index in [1.54, 1.807) is 18.2 Å². The number of thiocarbonyl (C=S) groups is 1. The number of hydrogen-bond acceptors (Lipinski definition) is 3. The topological polar surface area (TPSA) is 70.2 Å². The van der Waals surface area contributed by atoms with Crippen molar-refractivity contribution in [2.75, 3.05) is 11.9 Å². The third-order valence-electron chi connectivity index (χ3n) is 3.52. The molecule has 0 aliphatic rings. The Morgan fingerprint density at radius 3 is 2.46 bits per heavy atom. The van der Waals surface area contributed by atoms with Crippen molar-refractivity contribution in [3.63, 3.8) is 0 Å². The Balaban J connectivity index is 2.47. The van der Waals surface area contributed by atoms with E-state index < -0.39 is 0 Å². The number of benzene rings is 1. The monoisotopic (exact) mass is 349 g/mol. The fourth-order valence-electron chi connectivity index (χ4n) is 2.28. The maximum absolute atomic E-state index is 12.0. The highest BCUT2D eigenvalue weighted by molar-refractivity contribution is 7.80. The van der Waals surface area contributed by atoms with Crippen LogP contribution in [0.4, 0.5) is 5.69 Å². The van der Waals surface area contributed by atoms with Crippen LogP contribution in [-0.2, 0) is 4.79 Å². The van der Waals surface area contributed by atoms with E-state index in [0.717, 1.165) is 19.3 Å². The second-order valence-corrected chi connectivity index (χ2v) is 5.98. The molecule has 1 aromatic rings. The SMILES string of the molecule is CCCCCCCC(=O)NC(=S)Nc1ccccc1C(=O)NCC. The standard InChI is InChI=1S/C18H27N3O2S/c1-3-5-6-7-8-13-16(22)21-18(24)20-15-12-10-9-11-14(15)17(23)19-4-2/h9-12H,3-8,13H2,1-2H3,(H,19,23)(H2,20,21,22,24). The van der Waals surface area contributed by atoms with Crippen molar-refractivity contribution in [2.24, 2.45) is 0 Å². The van der Waals surface area contributed by atoms with Crippen molar-refractivity contribution in [1.29, 1.82) is 0 Å². The number of unbranched alkanes of at least 4 members (excludes halogenated alkanes) is 4. The van der Waals surface area contributed by atoms with Gasteiger partial charge >= 0.3 is 0 Å². The first kappa shape index (κ1) is 20.1. The summed E-state index contributed by atoms with van der Waals surface area (Å²) in [5.74, 6) is -0.273. The van der Waals surface area contributed by atoms with E-state index in [1.807, 2.05) is 13.0 Å². The fourth-order valence-corrected chi connectivity index (χ4v) is 2.50. The van der Waals surface area contributed by atoms with Crippen LogP contribution in [0.5, 0.6) is 0 Å². The summed E-state index contributed by atoms with van der Waals surface area (Å²) in [5.41, 5.74) is 1.08. The molecular weight excluding hydrogens is 322 g/mol. The van der Waals surface area contributed by atoms with Crippen molar-refractivity contribution in [3.05, 3.63) is 29.8 Å². The van der Waals surface area contributed by atoms with Gasteiger partial charge in [-0.3, -0.25) is 9.59 Å². The Kier molecular flexibility index (Phi) is 9.68. The summed E-state index contributed by atoms with van der Waals surface area (Å²) >= 11 is 5.17. The minimum atomic E-state index is -0.175. The third-order valence-corrected chi connectivity index (χ3v) is 3.72. The summed E-state index contributed by atoms with van der Waals surface area (Å²) in [6.45, 7) is 4.57. The smallest absolute Gasteiger partial charge is 0.253 e. The zero-order valence-electron chi connectivity index (χ0n) is 14.5. The fraction of sp³-hybridized carbons (Fsp3) is 0.500. The molecule has 0 bridgehead atoms. The van der Waals surface area contributed by atoms with Crippen LogP contribution in [0.2, 0.25) is 0 Å². The number of anilines is 1. The van der Waals surface area contributed by atoms with Crippen LogP contribution >= 0.6 is 12.2 Å². The number of para-hydroxylation sites is 1. The zero-order valence-corrected chi connectivity index (χ0v) is 15.3. The molecule has 0 aliphatic carbocycles. The minimum Gasteiger partial charge on any atom is -0.352 e. The van der Waals surface area contributed by atoms with Gasteiger partial charge < -0.3 is 16.0 Å². The zero-order chi connectivity index (χ0) is 17.8. The van der Waals surface area contributed by atoms with Gasteiger partial charge in [-0.25, -0.2) is 0 Å². The van der Waals surface area contributed by atoms with Crippen LogP contribution in [0.3, 0.4) is 0 Å². The highest BCUT2D eigenvalue weighted by Gasteiger charge is 2.12. The summed E-state index contributed by atoms with van der Waals surface area (Å²) < 4.78 is 0. The molecule has 2 amide bonds. The first-order valence-corrected chi connectivity index (χ1v) is 8.97. The third kappa shape index (κ3) is 7.55. The van der Waals surface area contributed by atoms with Crippen LogP contribution in [0, 0.1) is 0 Å². The Morgan fingerprint density at radius 2 is 1.75 bits per heavy atom. The van der Waals surface area contributed by atoms with Crippen molar-refractivity contribution < 1.29 is 9.59 Å². The second-order valence-electron chi connectivity index (χ2n) is 5.57. The van der Waals surface area contributed by atoms with Crippen LogP contribution in [0.15, 0.2) is 24.3 Å². The first-order valence-electron chi connectivity index (χ1n) is 8.56. The van der Waals surface area contributed by atoms with Gasteiger partial charge in [0.05, 0.1) is 11.3 Å². The molecule has 0 atom stereocenters. The molecule has 132 valence electrons. The average Bonchev–Trinajstić information content (AvgIpc) is 2.55. The Bertz CT molecular complexity index is 561. The lowest BCUT2D eigenvalue weighted by molar-refractivity contribution is -0.119. The van der Waals surface area contributed by atoms with Gasteiger partial charge in [-0.1, -0.05) is 44.7 Å². The number of nitrogens with one attached hydrogen (secondary N) is 3. The molecule has 6 heteroatoms. The number of hydrogen-bond donors (Lipinski definition) is 3. The van der Waals surface area contributed by atoms with Gasteiger partial charge in [0.15, 0.2) is 5.11 Å². The van der Waals surface area contributed by atoms with E-state index in [-0.39, 0.29) is 16.9 Å². The molecule has 0 aromatic heterocycles. The molecule has 0 radical (unpaired) electrons. The van der Waals surface area contributed by atoms with Crippen molar-refractivity contribution in [2.45, 2.75) is 52.4 Å². The van der Waals surface area contributed by atoms with E-state index in [4.69, 9.17) is 12.2 Å². The number of rotatable bonds is 9. The van der Waals surface area contributed by atoms with E-state index >= 15 is 0 Å². The van der Waals surface area contributed by atoms with E-state index in [1.165, 1.54) is 12.8 Å². The summed E-state index contributed by atoms with van der Waals surface area (Å²) in [4.78, 5) is 23.9. The van der Waals surface area contributed by atoms with Gasteiger partial charge in [-0.15, -0.1) is 0 Å². The maximum atomic E-state index is 12.0. The summed E-state index contributed by atoms with van der Waals surface area (Å²) in [5, 5.41) is 8.56. The molecule has 1 rings (SSSR count).